The molecule has 0 aromatic heterocycles. The lowest BCUT2D eigenvalue weighted by molar-refractivity contribution is -0.143. The Balaban J connectivity index is 1.88. The van der Waals surface area contributed by atoms with Crippen molar-refractivity contribution in [2.75, 3.05) is 19.6 Å². The second-order valence-corrected chi connectivity index (χ2v) is 5.75. The minimum absolute atomic E-state index is 0.00848. The van der Waals surface area contributed by atoms with Gasteiger partial charge in [0.05, 0.1) is 0 Å². The number of rotatable bonds is 4. The molecule has 4 nitrogen and oxygen atoms in total. The van der Waals surface area contributed by atoms with E-state index in [2.05, 4.69) is 0 Å². The van der Waals surface area contributed by atoms with Crippen molar-refractivity contribution >= 4 is 11.8 Å². The predicted molar refractivity (Wildman–Crippen MR) is 70.5 cm³/mol. The molecule has 7 heteroatoms. The first-order chi connectivity index (χ1) is 9.88. The summed E-state index contributed by atoms with van der Waals surface area (Å²) in [5.74, 6) is -0.0987. The maximum atomic E-state index is 12.4. The largest absolute Gasteiger partial charge is 0.389 e. The topological polar surface area (TPSA) is 40.6 Å². The lowest BCUT2D eigenvalue weighted by Crippen LogP contribution is -2.49. The van der Waals surface area contributed by atoms with Gasteiger partial charge in [-0.2, -0.15) is 13.2 Å². The molecule has 21 heavy (non-hydrogen) atoms. The van der Waals surface area contributed by atoms with Crippen molar-refractivity contribution in [3.8, 4) is 0 Å². The molecule has 0 aromatic carbocycles. The van der Waals surface area contributed by atoms with Gasteiger partial charge in [-0.25, -0.2) is 0 Å². The van der Waals surface area contributed by atoms with Crippen LogP contribution in [0.15, 0.2) is 0 Å². The minimum Gasteiger partial charge on any atom is -0.340 e. The van der Waals surface area contributed by atoms with Gasteiger partial charge >= 0.3 is 6.18 Å². The van der Waals surface area contributed by atoms with Crippen LogP contribution in [-0.4, -0.2) is 53.5 Å². The van der Waals surface area contributed by atoms with Crippen molar-refractivity contribution in [2.24, 2.45) is 0 Å². The standard InChI is InChI=1S/C14H21F3N2O2/c15-14(16,17)7-2-4-8-18-10-6-12(20)19-9-3-1-5-11(19)13(18)21/h11H,1-10H2. The summed E-state index contributed by atoms with van der Waals surface area (Å²) < 4.78 is 36.3. The summed E-state index contributed by atoms with van der Waals surface area (Å²) in [6, 6.07) is -0.392. The van der Waals surface area contributed by atoms with Gasteiger partial charge in [-0.15, -0.1) is 0 Å². The molecule has 0 N–H and O–H groups in total. The number of carbonyl (C=O) groups excluding carboxylic acids is 2. The van der Waals surface area contributed by atoms with Crippen molar-refractivity contribution in [3.05, 3.63) is 0 Å². The molecular weight excluding hydrogens is 285 g/mol. The fourth-order valence-electron chi connectivity index (χ4n) is 3.03. The van der Waals surface area contributed by atoms with Crippen molar-refractivity contribution in [1.29, 1.82) is 0 Å². The number of alkyl halides is 3. The Hall–Kier alpha value is -1.27. The molecule has 0 aliphatic carbocycles. The van der Waals surface area contributed by atoms with Crippen molar-refractivity contribution in [2.45, 2.75) is 57.2 Å². The van der Waals surface area contributed by atoms with Crippen LogP contribution in [0.4, 0.5) is 13.2 Å². The Morgan fingerprint density at radius 2 is 1.86 bits per heavy atom. The number of hydrogen-bond donors (Lipinski definition) is 0. The summed E-state index contributed by atoms with van der Waals surface area (Å²) in [5.41, 5.74) is 0. The van der Waals surface area contributed by atoms with Gasteiger partial charge in [0, 0.05) is 32.5 Å². The summed E-state index contributed by atoms with van der Waals surface area (Å²) >= 11 is 0. The van der Waals surface area contributed by atoms with Gasteiger partial charge in [-0.1, -0.05) is 0 Å². The van der Waals surface area contributed by atoms with Gasteiger partial charge in [-0.05, 0) is 32.1 Å². The van der Waals surface area contributed by atoms with Gasteiger partial charge in [-0.3, -0.25) is 9.59 Å². The van der Waals surface area contributed by atoms with E-state index in [-0.39, 0.29) is 24.7 Å². The molecule has 2 aliphatic heterocycles. The second kappa shape index (κ2) is 6.66. The molecule has 0 bridgehead atoms. The smallest absolute Gasteiger partial charge is 0.340 e. The molecule has 0 radical (unpaired) electrons. The maximum absolute atomic E-state index is 12.4. The van der Waals surface area contributed by atoms with Crippen molar-refractivity contribution in [1.82, 2.24) is 9.80 Å². The quantitative estimate of drug-likeness (QED) is 0.748. The number of hydrogen-bond acceptors (Lipinski definition) is 2. The number of halogens is 3. The Kier molecular flexibility index (Phi) is 5.11. The van der Waals surface area contributed by atoms with Gasteiger partial charge in [0.1, 0.15) is 6.04 Å². The zero-order valence-electron chi connectivity index (χ0n) is 12.0. The van der Waals surface area contributed by atoms with E-state index in [1.54, 1.807) is 9.80 Å². The van der Waals surface area contributed by atoms with Crippen LogP contribution in [0.1, 0.15) is 44.9 Å². The first-order valence-corrected chi connectivity index (χ1v) is 7.53. The van der Waals surface area contributed by atoms with E-state index in [0.29, 0.717) is 32.5 Å². The van der Waals surface area contributed by atoms with Gasteiger partial charge in [0.2, 0.25) is 11.8 Å². The molecule has 2 aliphatic rings. The molecule has 1 atom stereocenters. The number of unbranched alkanes of at least 4 members (excludes halogenated alkanes) is 1. The summed E-state index contributed by atoms with van der Waals surface area (Å²) in [6.07, 6.45) is -1.82. The van der Waals surface area contributed by atoms with Crippen LogP contribution in [0.3, 0.4) is 0 Å². The maximum Gasteiger partial charge on any atom is 0.389 e. The van der Waals surface area contributed by atoms with Crippen LogP contribution in [0.2, 0.25) is 0 Å². The molecule has 0 spiro atoms. The Labute approximate surface area is 122 Å². The summed E-state index contributed by atoms with van der Waals surface area (Å²) in [6.45, 7) is 1.26. The summed E-state index contributed by atoms with van der Waals surface area (Å²) in [4.78, 5) is 27.7. The van der Waals surface area contributed by atoms with Crippen LogP contribution in [0, 0.1) is 0 Å². The normalized spacial score (nSPS) is 24.0. The number of piperidine rings is 1. The van der Waals surface area contributed by atoms with Gasteiger partial charge in [0.15, 0.2) is 0 Å². The van der Waals surface area contributed by atoms with E-state index in [1.165, 1.54) is 0 Å². The first-order valence-electron chi connectivity index (χ1n) is 7.53. The van der Waals surface area contributed by atoms with Gasteiger partial charge in [0.25, 0.3) is 0 Å². The first kappa shape index (κ1) is 16.1. The highest BCUT2D eigenvalue weighted by Crippen LogP contribution is 2.24. The Morgan fingerprint density at radius 3 is 2.57 bits per heavy atom. The van der Waals surface area contributed by atoms with E-state index >= 15 is 0 Å². The zero-order chi connectivity index (χ0) is 15.5. The molecule has 1 unspecified atom stereocenters. The second-order valence-electron chi connectivity index (χ2n) is 5.75. The third-order valence-electron chi connectivity index (χ3n) is 4.15. The average Bonchev–Trinajstić information content (AvgIpc) is 2.55. The average molecular weight is 306 g/mol. The van der Waals surface area contributed by atoms with Crippen LogP contribution < -0.4 is 0 Å². The number of fused-ring (bicyclic) bond motifs is 1. The van der Waals surface area contributed by atoms with Crippen LogP contribution in [0.25, 0.3) is 0 Å². The zero-order valence-corrected chi connectivity index (χ0v) is 12.0. The Bertz CT molecular complexity index is 398. The minimum atomic E-state index is -4.14. The summed E-state index contributed by atoms with van der Waals surface area (Å²) in [5, 5.41) is 0. The molecule has 2 saturated heterocycles. The summed E-state index contributed by atoms with van der Waals surface area (Å²) in [7, 11) is 0. The van der Waals surface area contributed by atoms with E-state index in [4.69, 9.17) is 0 Å². The molecular formula is C14H21F3N2O2. The number of amides is 2. The van der Waals surface area contributed by atoms with Crippen LogP contribution in [-0.2, 0) is 9.59 Å². The van der Waals surface area contributed by atoms with Crippen molar-refractivity contribution < 1.29 is 22.8 Å². The molecule has 0 aromatic rings. The van der Waals surface area contributed by atoms with Crippen LogP contribution >= 0.6 is 0 Å². The molecule has 2 heterocycles. The lowest BCUT2D eigenvalue weighted by Gasteiger charge is -2.34. The third-order valence-corrected chi connectivity index (χ3v) is 4.15. The van der Waals surface area contributed by atoms with E-state index in [9.17, 15) is 22.8 Å². The fraction of sp³-hybridized carbons (Fsp3) is 0.857. The van der Waals surface area contributed by atoms with E-state index in [1.807, 2.05) is 0 Å². The van der Waals surface area contributed by atoms with E-state index in [0.717, 1.165) is 12.8 Å². The van der Waals surface area contributed by atoms with Crippen molar-refractivity contribution in [3.63, 3.8) is 0 Å². The molecule has 2 amide bonds. The van der Waals surface area contributed by atoms with Gasteiger partial charge < -0.3 is 9.80 Å². The molecule has 120 valence electrons. The lowest BCUT2D eigenvalue weighted by atomic mass is 10.0. The third kappa shape index (κ3) is 4.35. The molecule has 2 fully saturated rings. The molecule has 0 saturated carbocycles. The SMILES string of the molecule is O=C1C2CCCCN2C(=O)CCN1CCCCC(F)(F)F. The fourth-order valence-corrected chi connectivity index (χ4v) is 3.03. The monoisotopic (exact) mass is 306 g/mol. The highest BCUT2D eigenvalue weighted by Gasteiger charge is 2.37. The van der Waals surface area contributed by atoms with Crippen LogP contribution in [0.5, 0.6) is 0 Å². The molecule has 2 rings (SSSR count). The number of nitrogens with zero attached hydrogens (tertiary/aromatic N) is 2. The Morgan fingerprint density at radius 1 is 1.10 bits per heavy atom. The number of carbonyl (C=O) groups is 2. The highest BCUT2D eigenvalue weighted by molar-refractivity contribution is 5.90. The predicted octanol–water partition coefficient (Wildman–Crippen LogP) is 2.33. The van der Waals surface area contributed by atoms with E-state index < -0.39 is 18.6 Å². The highest BCUT2D eigenvalue weighted by atomic mass is 19.4.